The molecule has 2 aromatic carbocycles. The smallest absolute Gasteiger partial charge is 0.0297 e. The Kier molecular flexibility index (Phi) is 2.76. The van der Waals surface area contributed by atoms with Crippen LogP contribution < -0.4 is 0 Å². The molecule has 0 spiro atoms. The SMILES string of the molecule is Cc1cc2cccc(C)c2cc1C1=C(Cl)CC=C1. The Morgan fingerprint density at radius 3 is 2.61 bits per heavy atom. The van der Waals surface area contributed by atoms with Gasteiger partial charge in [0.15, 0.2) is 0 Å². The van der Waals surface area contributed by atoms with Crippen molar-refractivity contribution in [2.75, 3.05) is 0 Å². The third-order valence-corrected chi connectivity index (χ3v) is 3.97. The van der Waals surface area contributed by atoms with Gasteiger partial charge in [0.05, 0.1) is 0 Å². The Morgan fingerprint density at radius 1 is 1.06 bits per heavy atom. The highest BCUT2D eigenvalue weighted by atomic mass is 35.5. The van der Waals surface area contributed by atoms with Gasteiger partial charge in [-0.2, -0.15) is 0 Å². The van der Waals surface area contributed by atoms with E-state index in [2.05, 4.69) is 56.3 Å². The number of rotatable bonds is 1. The second-order valence-corrected chi connectivity index (χ2v) is 5.34. The van der Waals surface area contributed by atoms with Gasteiger partial charge in [0, 0.05) is 11.5 Å². The van der Waals surface area contributed by atoms with Gasteiger partial charge < -0.3 is 0 Å². The summed E-state index contributed by atoms with van der Waals surface area (Å²) in [6.07, 6.45) is 5.12. The summed E-state index contributed by atoms with van der Waals surface area (Å²) in [5.74, 6) is 0. The zero-order valence-corrected chi connectivity index (χ0v) is 11.4. The van der Waals surface area contributed by atoms with Crippen LogP contribution in [0.1, 0.15) is 23.1 Å². The van der Waals surface area contributed by atoms with Crippen LogP contribution >= 0.6 is 11.6 Å². The van der Waals surface area contributed by atoms with E-state index in [4.69, 9.17) is 11.6 Å². The van der Waals surface area contributed by atoms with Crippen molar-refractivity contribution >= 4 is 27.9 Å². The quantitative estimate of drug-likeness (QED) is 0.642. The number of hydrogen-bond donors (Lipinski definition) is 0. The van der Waals surface area contributed by atoms with Crippen LogP contribution in [0.4, 0.5) is 0 Å². The predicted molar refractivity (Wildman–Crippen MR) is 80.0 cm³/mol. The van der Waals surface area contributed by atoms with E-state index >= 15 is 0 Å². The molecule has 0 nitrogen and oxygen atoms in total. The fourth-order valence-electron chi connectivity index (χ4n) is 2.60. The molecular formula is C17H15Cl. The normalized spacial score (nSPS) is 14.8. The van der Waals surface area contributed by atoms with Crippen molar-refractivity contribution in [3.8, 4) is 0 Å². The summed E-state index contributed by atoms with van der Waals surface area (Å²) in [4.78, 5) is 0. The van der Waals surface area contributed by atoms with Gasteiger partial charge in [-0.1, -0.05) is 48.0 Å². The standard InChI is InChI=1S/C17H15Cl/c1-11-5-3-6-13-9-12(2)16(10-15(11)13)14-7-4-8-17(14)18/h3-7,9-10H,8H2,1-2H3. The van der Waals surface area contributed by atoms with Crippen molar-refractivity contribution in [2.24, 2.45) is 0 Å². The minimum atomic E-state index is 0.863. The van der Waals surface area contributed by atoms with Crippen LogP contribution in [-0.2, 0) is 0 Å². The number of hydrogen-bond acceptors (Lipinski definition) is 0. The fourth-order valence-corrected chi connectivity index (χ4v) is 2.86. The van der Waals surface area contributed by atoms with Gasteiger partial charge in [0.2, 0.25) is 0 Å². The Bertz CT molecular complexity index is 690. The first-order chi connectivity index (χ1) is 8.66. The third kappa shape index (κ3) is 1.77. The molecule has 0 N–H and O–H groups in total. The number of aryl methyl sites for hydroxylation is 2. The molecule has 0 radical (unpaired) electrons. The van der Waals surface area contributed by atoms with E-state index in [1.165, 1.54) is 33.0 Å². The van der Waals surface area contributed by atoms with Crippen molar-refractivity contribution in [1.82, 2.24) is 0 Å². The first kappa shape index (κ1) is 11.6. The molecule has 0 amide bonds. The molecule has 0 saturated heterocycles. The van der Waals surface area contributed by atoms with Crippen LogP contribution in [0.3, 0.4) is 0 Å². The maximum atomic E-state index is 6.29. The molecule has 1 aliphatic rings. The summed E-state index contributed by atoms with van der Waals surface area (Å²) in [5, 5.41) is 3.57. The van der Waals surface area contributed by atoms with Gasteiger partial charge in [0.1, 0.15) is 0 Å². The molecule has 1 aliphatic carbocycles. The van der Waals surface area contributed by atoms with E-state index in [1.54, 1.807) is 0 Å². The Morgan fingerprint density at radius 2 is 1.89 bits per heavy atom. The van der Waals surface area contributed by atoms with E-state index in [0.717, 1.165) is 11.5 Å². The highest BCUT2D eigenvalue weighted by Gasteiger charge is 2.12. The molecular weight excluding hydrogens is 240 g/mol. The molecule has 0 fully saturated rings. The number of allylic oxidation sites excluding steroid dienone is 4. The molecule has 3 rings (SSSR count). The van der Waals surface area contributed by atoms with Crippen molar-refractivity contribution in [1.29, 1.82) is 0 Å². The summed E-state index contributed by atoms with van der Waals surface area (Å²) in [7, 11) is 0. The van der Waals surface area contributed by atoms with Crippen molar-refractivity contribution in [3.05, 3.63) is 64.2 Å². The molecule has 18 heavy (non-hydrogen) atoms. The fraction of sp³-hybridized carbons (Fsp3) is 0.176. The van der Waals surface area contributed by atoms with E-state index < -0.39 is 0 Å². The maximum absolute atomic E-state index is 6.29. The highest BCUT2D eigenvalue weighted by molar-refractivity contribution is 6.34. The molecule has 0 atom stereocenters. The van der Waals surface area contributed by atoms with Gasteiger partial charge in [0.25, 0.3) is 0 Å². The number of benzene rings is 2. The summed E-state index contributed by atoms with van der Waals surface area (Å²) >= 11 is 6.29. The third-order valence-electron chi connectivity index (χ3n) is 3.61. The lowest BCUT2D eigenvalue weighted by molar-refractivity contribution is 1.39. The van der Waals surface area contributed by atoms with Gasteiger partial charge in [-0.3, -0.25) is 0 Å². The van der Waals surface area contributed by atoms with Crippen LogP contribution in [0.25, 0.3) is 16.3 Å². The minimum absolute atomic E-state index is 0.863. The average Bonchev–Trinajstić information content (AvgIpc) is 2.75. The first-order valence-corrected chi connectivity index (χ1v) is 6.60. The van der Waals surface area contributed by atoms with Crippen molar-refractivity contribution < 1.29 is 0 Å². The lowest BCUT2D eigenvalue weighted by Crippen LogP contribution is -1.89. The molecule has 90 valence electrons. The molecule has 0 heterocycles. The van der Waals surface area contributed by atoms with Crippen LogP contribution in [0.15, 0.2) is 47.5 Å². The topological polar surface area (TPSA) is 0 Å². The largest absolute Gasteiger partial charge is 0.0881 e. The summed E-state index contributed by atoms with van der Waals surface area (Å²) in [5.41, 5.74) is 5.04. The Labute approximate surface area is 113 Å². The zero-order valence-electron chi connectivity index (χ0n) is 10.6. The monoisotopic (exact) mass is 254 g/mol. The molecule has 1 heteroatoms. The van der Waals surface area contributed by atoms with Crippen LogP contribution in [0.2, 0.25) is 0 Å². The summed E-state index contributed by atoms with van der Waals surface area (Å²) in [6.45, 7) is 4.31. The van der Waals surface area contributed by atoms with Crippen LogP contribution in [0.5, 0.6) is 0 Å². The second-order valence-electron chi connectivity index (χ2n) is 4.89. The minimum Gasteiger partial charge on any atom is -0.0881 e. The average molecular weight is 255 g/mol. The molecule has 0 aromatic heterocycles. The lowest BCUT2D eigenvalue weighted by atomic mass is 9.95. The Hall–Kier alpha value is -1.53. The van der Waals surface area contributed by atoms with Gasteiger partial charge in [-0.05, 0) is 52.9 Å². The molecule has 0 aliphatic heterocycles. The van der Waals surface area contributed by atoms with Crippen molar-refractivity contribution in [3.63, 3.8) is 0 Å². The molecule has 0 saturated carbocycles. The molecule has 2 aromatic rings. The van der Waals surface area contributed by atoms with Crippen molar-refractivity contribution in [2.45, 2.75) is 20.3 Å². The van der Waals surface area contributed by atoms with Crippen LogP contribution in [-0.4, -0.2) is 0 Å². The van der Waals surface area contributed by atoms with E-state index in [0.29, 0.717) is 0 Å². The number of halogens is 1. The van der Waals surface area contributed by atoms with Gasteiger partial charge in [-0.25, -0.2) is 0 Å². The lowest BCUT2D eigenvalue weighted by Gasteiger charge is -2.10. The highest BCUT2D eigenvalue weighted by Crippen LogP contribution is 2.34. The van der Waals surface area contributed by atoms with E-state index in [-0.39, 0.29) is 0 Å². The molecule has 0 bridgehead atoms. The van der Waals surface area contributed by atoms with Crippen LogP contribution in [0, 0.1) is 13.8 Å². The van der Waals surface area contributed by atoms with E-state index in [9.17, 15) is 0 Å². The summed E-state index contributed by atoms with van der Waals surface area (Å²) in [6, 6.07) is 11.0. The Balaban J connectivity index is 2.31. The van der Waals surface area contributed by atoms with Gasteiger partial charge in [-0.15, -0.1) is 0 Å². The predicted octanol–water partition coefficient (Wildman–Crippen LogP) is 5.37. The van der Waals surface area contributed by atoms with Gasteiger partial charge >= 0.3 is 0 Å². The maximum Gasteiger partial charge on any atom is 0.0297 e. The molecule has 0 unspecified atom stereocenters. The van der Waals surface area contributed by atoms with E-state index in [1.807, 2.05) is 0 Å². The second kappa shape index (κ2) is 4.29. The summed E-state index contributed by atoms with van der Waals surface area (Å²) < 4.78 is 0. The number of fused-ring (bicyclic) bond motifs is 1. The first-order valence-electron chi connectivity index (χ1n) is 6.22. The zero-order chi connectivity index (χ0) is 12.7.